The van der Waals surface area contributed by atoms with Gasteiger partial charge in [-0.1, -0.05) is 18.1 Å². The van der Waals surface area contributed by atoms with Crippen molar-refractivity contribution in [3.8, 4) is 23.5 Å². The molecule has 0 atom stereocenters. The van der Waals surface area contributed by atoms with Crippen LogP contribution in [0.1, 0.15) is 11.1 Å². The molecule has 4 nitrogen and oxygen atoms in total. The van der Waals surface area contributed by atoms with E-state index in [-0.39, 0.29) is 0 Å². The molecule has 4 heteroatoms. The van der Waals surface area contributed by atoms with Crippen LogP contribution in [0.4, 0.5) is 11.4 Å². The molecule has 2 aromatic rings. The van der Waals surface area contributed by atoms with Crippen molar-refractivity contribution in [3.63, 3.8) is 0 Å². The fraction of sp³-hybridized carbons (Fsp3) is 0.0588. The number of terminal acetylenes is 1. The molecule has 0 saturated carbocycles. The minimum absolute atomic E-state index is 0.460. The molecule has 0 aliphatic carbocycles. The molecule has 0 unspecified atom stereocenters. The third kappa shape index (κ3) is 3.02. The molecule has 0 spiro atoms. The predicted octanol–water partition coefficient (Wildman–Crippen LogP) is 3.58. The number of hydrogen-bond donors (Lipinski definition) is 0. The Morgan fingerprint density at radius 2 is 1.48 bits per heavy atom. The molecule has 21 heavy (non-hydrogen) atoms. The number of hydrogen-bond acceptors (Lipinski definition) is 4. The van der Waals surface area contributed by atoms with E-state index < -0.39 is 0 Å². The maximum Gasteiger partial charge on any atom is 0.240 e. The smallest absolute Gasteiger partial charge is 0.211 e. The molecule has 0 fully saturated rings. The van der Waals surface area contributed by atoms with E-state index in [9.17, 15) is 9.59 Å². The summed E-state index contributed by atoms with van der Waals surface area (Å²) in [6.45, 7) is 1.90. The number of benzene rings is 2. The van der Waals surface area contributed by atoms with Gasteiger partial charge in [-0.15, -0.1) is 6.42 Å². The zero-order valence-corrected chi connectivity index (χ0v) is 11.3. The number of aliphatic imine (C=N–C) groups is 2. The second-order valence-corrected chi connectivity index (χ2v) is 4.28. The first-order valence-electron chi connectivity index (χ1n) is 6.07. The van der Waals surface area contributed by atoms with Crippen LogP contribution in [-0.2, 0) is 9.59 Å². The lowest BCUT2D eigenvalue weighted by Gasteiger charge is -2.09. The fourth-order valence-corrected chi connectivity index (χ4v) is 2.08. The molecule has 0 aliphatic rings. The van der Waals surface area contributed by atoms with Crippen molar-refractivity contribution in [1.29, 1.82) is 0 Å². The van der Waals surface area contributed by atoms with Crippen molar-refractivity contribution in [2.24, 2.45) is 9.98 Å². The Hall–Kier alpha value is -3.24. The molecule has 0 heterocycles. The minimum Gasteiger partial charge on any atom is -0.211 e. The van der Waals surface area contributed by atoms with Crippen molar-refractivity contribution >= 4 is 23.5 Å². The zero-order chi connectivity index (χ0) is 15.2. The van der Waals surface area contributed by atoms with Crippen molar-refractivity contribution in [2.45, 2.75) is 6.92 Å². The van der Waals surface area contributed by atoms with Crippen LogP contribution in [0.5, 0.6) is 0 Å². The van der Waals surface area contributed by atoms with Gasteiger partial charge in [0.05, 0.1) is 11.4 Å². The lowest BCUT2D eigenvalue weighted by molar-refractivity contribution is 0.564. The van der Waals surface area contributed by atoms with Crippen LogP contribution in [0.2, 0.25) is 0 Å². The monoisotopic (exact) mass is 274 g/mol. The average molecular weight is 274 g/mol. The normalized spacial score (nSPS) is 9.14. The first-order valence-corrected chi connectivity index (χ1v) is 6.07. The average Bonchev–Trinajstić information content (AvgIpc) is 2.48. The van der Waals surface area contributed by atoms with Crippen LogP contribution in [-0.4, -0.2) is 12.2 Å². The molecule has 0 bridgehead atoms. The van der Waals surface area contributed by atoms with E-state index in [2.05, 4.69) is 15.9 Å². The molecule has 100 valence electrons. The zero-order valence-electron chi connectivity index (χ0n) is 11.3. The van der Waals surface area contributed by atoms with Crippen LogP contribution in [0.3, 0.4) is 0 Å². The molecule has 0 amide bonds. The maximum absolute atomic E-state index is 10.3. The second kappa shape index (κ2) is 6.27. The summed E-state index contributed by atoms with van der Waals surface area (Å²) in [7, 11) is 0. The second-order valence-electron chi connectivity index (χ2n) is 4.28. The van der Waals surface area contributed by atoms with Crippen LogP contribution >= 0.6 is 0 Å². The topological polar surface area (TPSA) is 58.9 Å². The highest BCUT2D eigenvalue weighted by molar-refractivity contribution is 5.77. The van der Waals surface area contributed by atoms with E-state index in [0.717, 1.165) is 16.7 Å². The Morgan fingerprint density at radius 3 is 2.00 bits per heavy atom. The van der Waals surface area contributed by atoms with Gasteiger partial charge in [-0.3, -0.25) is 0 Å². The standard InChI is InChI=1S/C17H10N2O2/c1-3-13-9-15(19-11-21)5-7-17(13)16-6-4-14(18-10-20)8-12(16)2/h1,4-9H,2H3. The van der Waals surface area contributed by atoms with Crippen LogP contribution < -0.4 is 0 Å². The van der Waals surface area contributed by atoms with Gasteiger partial charge in [-0.25, -0.2) is 9.59 Å². The largest absolute Gasteiger partial charge is 0.240 e. The van der Waals surface area contributed by atoms with Crippen molar-refractivity contribution in [2.75, 3.05) is 0 Å². The number of nitrogens with zero attached hydrogens (tertiary/aromatic N) is 2. The minimum atomic E-state index is 0.460. The number of isocyanates is 2. The van der Waals surface area contributed by atoms with Crippen molar-refractivity contribution in [1.82, 2.24) is 0 Å². The highest BCUT2D eigenvalue weighted by Gasteiger charge is 2.08. The third-order valence-electron chi connectivity index (χ3n) is 3.01. The quantitative estimate of drug-likeness (QED) is 0.488. The van der Waals surface area contributed by atoms with Crippen LogP contribution in [0.15, 0.2) is 46.4 Å². The van der Waals surface area contributed by atoms with Gasteiger partial charge in [0.15, 0.2) is 0 Å². The van der Waals surface area contributed by atoms with Gasteiger partial charge in [0.2, 0.25) is 12.2 Å². The Labute approximate surface area is 121 Å². The van der Waals surface area contributed by atoms with E-state index in [1.54, 1.807) is 30.3 Å². The summed E-state index contributed by atoms with van der Waals surface area (Å²) in [5.41, 5.74) is 4.32. The third-order valence-corrected chi connectivity index (χ3v) is 3.01. The highest BCUT2D eigenvalue weighted by atomic mass is 16.1. The molecule has 0 saturated heterocycles. The molecule has 2 aromatic carbocycles. The molecule has 2 rings (SSSR count). The molecule has 0 aromatic heterocycles. The Bertz CT molecular complexity index is 834. The molecule has 0 radical (unpaired) electrons. The van der Waals surface area contributed by atoms with Crippen molar-refractivity contribution < 1.29 is 9.59 Å². The van der Waals surface area contributed by atoms with E-state index >= 15 is 0 Å². The SMILES string of the molecule is C#Cc1cc(N=C=O)ccc1-c1ccc(N=C=O)cc1C. The lowest BCUT2D eigenvalue weighted by atomic mass is 9.95. The number of aryl methyl sites for hydroxylation is 1. The summed E-state index contributed by atoms with van der Waals surface area (Å²) in [5.74, 6) is 2.58. The maximum atomic E-state index is 10.3. The lowest BCUT2D eigenvalue weighted by Crippen LogP contribution is -1.87. The van der Waals surface area contributed by atoms with Gasteiger partial charge >= 0.3 is 0 Å². The summed E-state index contributed by atoms with van der Waals surface area (Å²) in [6, 6.07) is 10.5. The predicted molar refractivity (Wildman–Crippen MR) is 80.1 cm³/mol. The van der Waals surface area contributed by atoms with Gasteiger partial charge in [0.25, 0.3) is 0 Å². The van der Waals surface area contributed by atoms with Gasteiger partial charge in [0.1, 0.15) is 0 Å². The summed E-state index contributed by atoms with van der Waals surface area (Å²) in [5, 5.41) is 0. The fourth-order valence-electron chi connectivity index (χ4n) is 2.08. The number of rotatable bonds is 3. The molecular formula is C17H10N2O2. The van der Waals surface area contributed by atoms with Gasteiger partial charge in [-0.05, 0) is 47.9 Å². The van der Waals surface area contributed by atoms with Gasteiger partial charge in [-0.2, -0.15) is 9.98 Å². The molecular weight excluding hydrogens is 264 g/mol. The Morgan fingerprint density at radius 1 is 0.905 bits per heavy atom. The summed E-state index contributed by atoms with van der Waals surface area (Å²) < 4.78 is 0. The summed E-state index contributed by atoms with van der Waals surface area (Å²) in [4.78, 5) is 27.7. The van der Waals surface area contributed by atoms with Gasteiger partial charge in [0, 0.05) is 5.56 Å². The van der Waals surface area contributed by atoms with Crippen LogP contribution in [0, 0.1) is 19.3 Å². The summed E-state index contributed by atoms with van der Waals surface area (Å²) in [6.07, 6.45) is 8.51. The Balaban J connectivity index is 2.59. The first-order chi connectivity index (χ1) is 10.2. The molecule has 0 aliphatic heterocycles. The van der Waals surface area contributed by atoms with E-state index in [4.69, 9.17) is 6.42 Å². The van der Waals surface area contributed by atoms with Crippen molar-refractivity contribution in [3.05, 3.63) is 47.5 Å². The van der Waals surface area contributed by atoms with E-state index in [0.29, 0.717) is 16.9 Å². The Kier molecular flexibility index (Phi) is 4.23. The first kappa shape index (κ1) is 14.2. The molecule has 0 N–H and O–H groups in total. The highest BCUT2D eigenvalue weighted by Crippen LogP contribution is 2.31. The van der Waals surface area contributed by atoms with Gasteiger partial charge < -0.3 is 0 Å². The summed E-state index contributed by atoms with van der Waals surface area (Å²) >= 11 is 0. The number of carbonyl (C=O) groups excluding carboxylic acids is 2. The van der Waals surface area contributed by atoms with E-state index in [1.807, 2.05) is 13.0 Å². The van der Waals surface area contributed by atoms with Crippen LogP contribution in [0.25, 0.3) is 11.1 Å². The van der Waals surface area contributed by atoms with E-state index in [1.165, 1.54) is 12.2 Å².